The highest BCUT2D eigenvalue weighted by atomic mass is 19.1. The molecule has 0 atom stereocenters. The zero-order chi connectivity index (χ0) is 19.4. The quantitative estimate of drug-likeness (QED) is 0.573. The number of nitrogens with zero attached hydrogens (tertiary/aromatic N) is 1. The van der Waals surface area contributed by atoms with E-state index in [-0.39, 0.29) is 17.7 Å². The Morgan fingerprint density at radius 1 is 1.22 bits per heavy atom. The Bertz CT molecular complexity index is 898. The van der Waals surface area contributed by atoms with E-state index in [4.69, 9.17) is 4.74 Å². The van der Waals surface area contributed by atoms with Crippen LogP contribution in [0.4, 0.5) is 15.8 Å². The van der Waals surface area contributed by atoms with Crippen molar-refractivity contribution in [1.82, 2.24) is 5.32 Å². The topological polar surface area (TPSA) is 111 Å². The van der Waals surface area contributed by atoms with Gasteiger partial charge in [-0.2, -0.15) is 0 Å². The van der Waals surface area contributed by atoms with E-state index in [0.717, 1.165) is 31.0 Å². The molecule has 0 heterocycles. The summed E-state index contributed by atoms with van der Waals surface area (Å²) in [5, 5.41) is 16.3. The predicted molar refractivity (Wildman–Crippen MR) is 94.1 cm³/mol. The van der Waals surface area contributed by atoms with Gasteiger partial charge in [-0.1, -0.05) is 6.07 Å². The molecule has 0 unspecified atom stereocenters. The maximum absolute atomic E-state index is 13.3. The second-order valence-electron chi connectivity index (χ2n) is 6.03. The maximum Gasteiger partial charge on any atom is 0.311 e. The number of amides is 2. The fourth-order valence-corrected chi connectivity index (χ4v) is 2.33. The number of halogens is 1. The fourth-order valence-electron chi connectivity index (χ4n) is 2.33. The first-order valence-electron chi connectivity index (χ1n) is 8.20. The molecule has 1 aliphatic carbocycles. The van der Waals surface area contributed by atoms with Crippen LogP contribution in [0.15, 0.2) is 42.5 Å². The van der Waals surface area contributed by atoms with Crippen molar-refractivity contribution < 1.29 is 23.6 Å². The molecule has 140 valence electrons. The average Bonchev–Trinajstić information content (AvgIpc) is 3.44. The van der Waals surface area contributed by atoms with Crippen LogP contribution in [0, 0.1) is 15.9 Å². The third-order valence-corrected chi connectivity index (χ3v) is 3.80. The Kier molecular flexibility index (Phi) is 5.30. The van der Waals surface area contributed by atoms with Gasteiger partial charge in [0.05, 0.1) is 4.92 Å². The minimum Gasteiger partial charge on any atom is -0.477 e. The Labute approximate surface area is 153 Å². The van der Waals surface area contributed by atoms with Crippen LogP contribution in [-0.2, 0) is 4.79 Å². The Morgan fingerprint density at radius 2 is 2.00 bits per heavy atom. The van der Waals surface area contributed by atoms with E-state index in [1.807, 2.05) is 0 Å². The first-order chi connectivity index (χ1) is 12.9. The molecular formula is C18H16FN3O5. The Hall–Kier alpha value is -3.49. The summed E-state index contributed by atoms with van der Waals surface area (Å²) >= 11 is 0. The summed E-state index contributed by atoms with van der Waals surface area (Å²) in [6, 6.07) is 9.31. The molecule has 2 N–H and O–H groups in total. The van der Waals surface area contributed by atoms with Crippen LogP contribution in [0.3, 0.4) is 0 Å². The molecule has 8 nitrogen and oxygen atoms in total. The molecule has 0 saturated heterocycles. The van der Waals surface area contributed by atoms with Crippen LogP contribution in [0.5, 0.6) is 5.75 Å². The number of nitrogens with one attached hydrogen (secondary N) is 2. The van der Waals surface area contributed by atoms with Crippen molar-refractivity contribution in [3.05, 3.63) is 64.0 Å². The van der Waals surface area contributed by atoms with Gasteiger partial charge in [0.15, 0.2) is 6.61 Å². The molecule has 2 aromatic carbocycles. The molecule has 2 aromatic rings. The van der Waals surface area contributed by atoms with Crippen LogP contribution in [0.2, 0.25) is 0 Å². The Balaban J connectivity index is 1.60. The number of nitro groups is 1. The molecule has 0 aliphatic heterocycles. The summed E-state index contributed by atoms with van der Waals surface area (Å²) in [4.78, 5) is 34.2. The van der Waals surface area contributed by atoms with Gasteiger partial charge in [0.2, 0.25) is 5.75 Å². The van der Waals surface area contributed by atoms with Gasteiger partial charge < -0.3 is 15.4 Å². The summed E-state index contributed by atoms with van der Waals surface area (Å²) in [7, 11) is 0. The van der Waals surface area contributed by atoms with E-state index in [9.17, 15) is 24.1 Å². The van der Waals surface area contributed by atoms with Gasteiger partial charge in [0.25, 0.3) is 11.8 Å². The van der Waals surface area contributed by atoms with Crippen LogP contribution in [-0.4, -0.2) is 29.4 Å². The number of ether oxygens (including phenoxy) is 1. The zero-order valence-corrected chi connectivity index (χ0v) is 14.1. The van der Waals surface area contributed by atoms with Crippen molar-refractivity contribution in [3.63, 3.8) is 0 Å². The third-order valence-electron chi connectivity index (χ3n) is 3.80. The van der Waals surface area contributed by atoms with E-state index >= 15 is 0 Å². The van der Waals surface area contributed by atoms with Crippen molar-refractivity contribution in [2.75, 3.05) is 11.9 Å². The highest BCUT2D eigenvalue weighted by Crippen LogP contribution is 2.27. The van der Waals surface area contributed by atoms with Crippen molar-refractivity contribution in [3.8, 4) is 5.75 Å². The summed E-state index contributed by atoms with van der Waals surface area (Å²) in [5.41, 5.74) is 0.338. The molecule has 1 saturated carbocycles. The average molecular weight is 373 g/mol. The number of rotatable bonds is 7. The molecule has 0 bridgehead atoms. The minimum absolute atomic E-state index is 0.214. The number of anilines is 1. The molecule has 3 rings (SSSR count). The van der Waals surface area contributed by atoms with Crippen molar-refractivity contribution >= 4 is 23.2 Å². The summed E-state index contributed by atoms with van der Waals surface area (Å²) in [5.74, 6) is -1.88. The minimum atomic E-state index is -0.728. The SMILES string of the molecule is O=C(COc1cc(F)ccc1[N+](=O)[O-])Nc1cccc(C(=O)NC2CC2)c1. The number of hydrogen-bond donors (Lipinski definition) is 2. The van der Waals surface area contributed by atoms with E-state index < -0.39 is 28.9 Å². The van der Waals surface area contributed by atoms with Crippen molar-refractivity contribution in [1.29, 1.82) is 0 Å². The van der Waals surface area contributed by atoms with E-state index in [1.165, 1.54) is 6.07 Å². The van der Waals surface area contributed by atoms with Gasteiger partial charge in [0, 0.05) is 29.4 Å². The zero-order valence-electron chi connectivity index (χ0n) is 14.1. The van der Waals surface area contributed by atoms with Crippen LogP contribution >= 0.6 is 0 Å². The summed E-state index contributed by atoms with van der Waals surface area (Å²) in [6.07, 6.45) is 1.93. The number of benzene rings is 2. The van der Waals surface area contributed by atoms with Gasteiger partial charge in [-0.25, -0.2) is 4.39 Å². The van der Waals surface area contributed by atoms with Crippen LogP contribution < -0.4 is 15.4 Å². The second-order valence-corrected chi connectivity index (χ2v) is 6.03. The number of carbonyl (C=O) groups excluding carboxylic acids is 2. The first-order valence-corrected chi connectivity index (χ1v) is 8.20. The largest absolute Gasteiger partial charge is 0.477 e. The molecule has 27 heavy (non-hydrogen) atoms. The standard InChI is InChI=1S/C18H16FN3O5/c19-12-4-7-15(22(25)26)16(9-12)27-10-17(23)20-14-3-1-2-11(8-14)18(24)21-13-5-6-13/h1-4,7-9,13H,5-6,10H2,(H,20,23)(H,21,24). The molecule has 1 fully saturated rings. The molecule has 0 radical (unpaired) electrons. The van der Waals surface area contributed by atoms with Crippen LogP contribution in [0.1, 0.15) is 23.2 Å². The highest BCUT2D eigenvalue weighted by molar-refractivity contribution is 5.97. The smallest absolute Gasteiger partial charge is 0.311 e. The molecule has 0 aromatic heterocycles. The van der Waals surface area contributed by atoms with Crippen molar-refractivity contribution in [2.24, 2.45) is 0 Å². The lowest BCUT2D eigenvalue weighted by molar-refractivity contribution is -0.385. The predicted octanol–water partition coefficient (Wildman–Crippen LogP) is 2.64. The monoisotopic (exact) mass is 373 g/mol. The molecule has 0 spiro atoms. The van der Waals surface area contributed by atoms with Gasteiger partial charge in [0.1, 0.15) is 5.82 Å². The highest BCUT2D eigenvalue weighted by Gasteiger charge is 2.24. The molecule has 1 aliphatic rings. The number of hydrogen-bond acceptors (Lipinski definition) is 5. The van der Waals surface area contributed by atoms with Gasteiger partial charge >= 0.3 is 5.69 Å². The molecule has 9 heteroatoms. The van der Waals surface area contributed by atoms with Crippen molar-refractivity contribution in [2.45, 2.75) is 18.9 Å². The molecular weight excluding hydrogens is 357 g/mol. The summed E-state index contributed by atoms with van der Waals surface area (Å²) in [6.45, 7) is -0.553. The third kappa shape index (κ3) is 5.00. The number of carbonyl (C=O) groups is 2. The lowest BCUT2D eigenvalue weighted by atomic mass is 10.2. The van der Waals surface area contributed by atoms with Gasteiger partial charge in [-0.15, -0.1) is 0 Å². The van der Waals surface area contributed by atoms with Crippen LogP contribution in [0.25, 0.3) is 0 Å². The lowest BCUT2D eigenvalue weighted by Crippen LogP contribution is -2.25. The maximum atomic E-state index is 13.3. The summed E-state index contributed by atoms with van der Waals surface area (Å²) < 4.78 is 18.3. The molecule has 2 amide bonds. The fraction of sp³-hybridized carbons (Fsp3) is 0.222. The second kappa shape index (κ2) is 7.81. The first kappa shape index (κ1) is 18.3. The van der Waals surface area contributed by atoms with Gasteiger partial charge in [-0.05, 0) is 37.1 Å². The number of nitro benzene ring substituents is 1. The van der Waals surface area contributed by atoms with E-state index in [1.54, 1.807) is 18.2 Å². The Morgan fingerprint density at radius 3 is 2.70 bits per heavy atom. The normalized spacial score (nSPS) is 12.9. The lowest BCUT2D eigenvalue weighted by Gasteiger charge is -2.09. The van der Waals surface area contributed by atoms with Gasteiger partial charge in [-0.3, -0.25) is 19.7 Å². The van der Waals surface area contributed by atoms with E-state index in [2.05, 4.69) is 10.6 Å². The van der Waals surface area contributed by atoms with E-state index in [0.29, 0.717) is 11.3 Å².